The fourth-order valence-electron chi connectivity index (χ4n) is 1.59. The predicted molar refractivity (Wildman–Crippen MR) is 68.2 cm³/mol. The van der Waals surface area contributed by atoms with Gasteiger partial charge in [0, 0.05) is 5.75 Å². The first-order valence-corrected chi connectivity index (χ1v) is 6.78. The Hall–Kier alpha value is 0.160. The molecule has 2 rings (SSSR count). The summed E-state index contributed by atoms with van der Waals surface area (Å²) in [6.45, 7) is 4.37. The third-order valence-corrected chi connectivity index (χ3v) is 4.55. The average Bonchev–Trinajstić information content (AvgIpc) is 2.63. The summed E-state index contributed by atoms with van der Waals surface area (Å²) < 4.78 is 1.12. The first-order valence-electron chi connectivity index (χ1n) is 4.98. The topological polar surface area (TPSA) is 37.8 Å². The monoisotopic (exact) mass is 265 g/mol. The van der Waals surface area contributed by atoms with Gasteiger partial charge >= 0.3 is 0 Å². The van der Waals surface area contributed by atoms with Gasteiger partial charge in [0.25, 0.3) is 0 Å². The zero-order valence-electron chi connectivity index (χ0n) is 8.73. The summed E-state index contributed by atoms with van der Waals surface area (Å²) in [5.74, 6) is 2.00. The molecule has 86 valence electrons. The second-order valence-electron chi connectivity index (χ2n) is 3.61. The van der Waals surface area contributed by atoms with Gasteiger partial charge in [0.1, 0.15) is 5.01 Å². The Kier molecular flexibility index (Phi) is 5.89. The van der Waals surface area contributed by atoms with Crippen molar-refractivity contribution in [3.8, 4) is 0 Å². The van der Waals surface area contributed by atoms with E-state index in [4.69, 9.17) is 0 Å². The molecule has 1 unspecified atom stereocenters. The van der Waals surface area contributed by atoms with E-state index < -0.39 is 0 Å². The van der Waals surface area contributed by atoms with E-state index in [1.807, 2.05) is 18.7 Å². The Morgan fingerprint density at radius 1 is 1.53 bits per heavy atom. The lowest BCUT2D eigenvalue weighted by atomic mass is 10.0. The van der Waals surface area contributed by atoms with Crippen LogP contribution in [0.2, 0.25) is 0 Å². The summed E-state index contributed by atoms with van der Waals surface area (Å²) >= 11 is 3.55. The molecule has 0 saturated carbocycles. The average molecular weight is 266 g/mol. The van der Waals surface area contributed by atoms with Crippen molar-refractivity contribution in [1.82, 2.24) is 15.5 Å². The van der Waals surface area contributed by atoms with Crippen LogP contribution in [0, 0.1) is 12.8 Å². The minimum Gasteiger partial charge on any atom is -0.316 e. The van der Waals surface area contributed by atoms with Crippen molar-refractivity contribution in [2.24, 2.45) is 5.92 Å². The lowest BCUT2D eigenvalue weighted by Gasteiger charge is -2.21. The van der Waals surface area contributed by atoms with Crippen LogP contribution in [-0.2, 0) is 0 Å². The molecule has 6 heteroatoms. The molecule has 0 radical (unpaired) electrons. The third kappa shape index (κ3) is 4.26. The summed E-state index contributed by atoms with van der Waals surface area (Å²) in [4.78, 5) is 0. The number of aryl methyl sites for hydroxylation is 1. The zero-order chi connectivity index (χ0) is 9.80. The molecule has 3 nitrogen and oxygen atoms in total. The van der Waals surface area contributed by atoms with E-state index in [0.717, 1.165) is 15.3 Å². The Labute approximate surface area is 105 Å². The molecule has 1 fully saturated rings. The maximum atomic E-state index is 4.11. The van der Waals surface area contributed by atoms with E-state index >= 15 is 0 Å². The van der Waals surface area contributed by atoms with Crippen LogP contribution in [0.15, 0.2) is 4.34 Å². The van der Waals surface area contributed by atoms with E-state index in [9.17, 15) is 0 Å². The number of aromatic nitrogens is 2. The molecule has 2 heterocycles. The highest BCUT2D eigenvalue weighted by atomic mass is 35.5. The van der Waals surface area contributed by atoms with Gasteiger partial charge in [0.05, 0.1) is 0 Å². The Balaban J connectivity index is 0.00000112. The molecule has 0 amide bonds. The molecular formula is C9H16ClN3S2. The standard InChI is InChI=1S/C9H15N3S2.ClH/c1-7-11-12-9(14-7)13-6-8-3-2-4-10-5-8;/h8,10H,2-6H2,1H3;1H. The van der Waals surface area contributed by atoms with Gasteiger partial charge in [-0.3, -0.25) is 0 Å². The van der Waals surface area contributed by atoms with Crippen molar-refractivity contribution in [3.63, 3.8) is 0 Å². The van der Waals surface area contributed by atoms with E-state index in [1.165, 1.54) is 31.7 Å². The fraction of sp³-hybridized carbons (Fsp3) is 0.778. The molecule has 1 aliphatic rings. The molecule has 1 aromatic heterocycles. The molecule has 0 bridgehead atoms. The minimum atomic E-state index is 0. The highest BCUT2D eigenvalue weighted by Crippen LogP contribution is 2.25. The van der Waals surface area contributed by atoms with Crippen LogP contribution < -0.4 is 5.32 Å². The highest BCUT2D eigenvalue weighted by molar-refractivity contribution is 8.01. The maximum Gasteiger partial charge on any atom is 0.174 e. The number of piperidine rings is 1. The molecule has 1 saturated heterocycles. The first-order chi connectivity index (χ1) is 6.84. The van der Waals surface area contributed by atoms with Crippen LogP contribution in [0.3, 0.4) is 0 Å². The highest BCUT2D eigenvalue weighted by Gasteiger charge is 2.13. The second kappa shape index (κ2) is 6.68. The molecule has 0 aromatic carbocycles. The number of thioether (sulfide) groups is 1. The summed E-state index contributed by atoms with van der Waals surface area (Å²) in [7, 11) is 0. The third-order valence-electron chi connectivity index (χ3n) is 2.35. The number of hydrogen-bond acceptors (Lipinski definition) is 5. The van der Waals surface area contributed by atoms with Gasteiger partial charge in [-0.2, -0.15) is 0 Å². The molecule has 1 N–H and O–H groups in total. The van der Waals surface area contributed by atoms with Crippen molar-refractivity contribution < 1.29 is 0 Å². The van der Waals surface area contributed by atoms with Gasteiger partial charge in [-0.05, 0) is 38.8 Å². The van der Waals surface area contributed by atoms with Gasteiger partial charge in [0.15, 0.2) is 4.34 Å². The van der Waals surface area contributed by atoms with E-state index in [0.29, 0.717) is 0 Å². The lowest BCUT2D eigenvalue weighted by Crippen LogP contribution is -2.30. The molecule has 0 aliphatic carbocycles. The number of halogens is 1. The summed E-state index contributed by atoms with van der Waals surface area (Å²) in [5.41, 5.74) is 0. The smallest absolute Gasteiger partial charge is 0.174 e. The van der Waals surface area contributed by atoms with Crippen LogP contribution in [0.5, 0.6) is 0 Å². The van der Waals surface area contributed by atoms with Crippen molar-refractivity contribution in [2.45, 2.75) is 24.1 Å². The molecule has 1 aromatic rings. The Bertz CT molecular complexity index is 287. The molecule has 1 aliphatic heterocycles. The van der Waals surface area contributed by atoms with Gasteiger partial charge in [-0.25, -0.2) is 0 Å². The number of nitrogens with zero attached hydrogens (tertiary/aromatic N) is 2. The predicted octanol–water partition coefficient (Wildman–Crippen LogP) is 2.36. The van der Waals surface area contributed by atoms with E-state index in [1.54, 1.807) is 11.3 Å². The quantitative estimate of drug-likeness (QED) is 0.852. The second-order valence-corrected chi connectivity index (χ2v) is 6.06. The van der Waals surface area contributed by atoms with Crippen molar-refractivity contribution in [3.05, 3.63) is 5.01 Å². The van der Waals surface area contributed by atoms with Gasteiger partial charge < -0.3 is 5.32 Å². The molecular weight excluding hydrogens is 250 g/mol. The summed E-state index contributed by atoms with van der Waals surface area (Å²) in [6.07, 6.45) is 2.68. The Morgan fingerprint density at radius 3 is 3.00 bits per heavy atom. The number of rotatable bonds is 3. The van der Waals surface area contributed by atoms with Crippen molar-refractivity contribution in [1.29, 1.82) is 0 Å². The normalized spacial score (nSPS) is 21.0. The molecule has 1 atom stereocenters. The largest absolute Gasteiger partial charge is 0.316 e. The minimum absolute atomic E-state index is 0. The van der Waals surface area contributed by atoms with Crippen LogP contribution in [0.25, 0.3) is 0 Å². The lowest BCUT2D eigenvalue weighted by molar-refractivity contribution is 0.410. The fourth-order valence-corrected chi connectivity index (χ4v) is 3.57. The number of nitrogens with one attached hydrogen (secondary N) is 1. The van der Waals surface area contributed by atoms with Gasteiger partial charge in [0.2, 0.25) is 0 Å². The molecule has 15 heavy (non-hydrogen) atoms. The zero-order valence-corrected chi connectivity index (χ0v) is 11.2. The van der Waals surface area contributed by atoms with Crippen LogP contribution in [-0.4, -0.2) is 29.0 Å². The van der Waals surface area contributed by atoms with Crippen LogP contribution >= 0.6 is 35.5 Å². The van der Waals surface area contributed by atoms with Crippen molar-refractivity contribution in [2.75, 3.05) is 18.8 Å². The van der Waals surface area contributed by atoms with E-state index in [2.05, 4.69) is 15.5 Å². The first kappa shape index (κ1) is 13.2. The molecule has 0 spiro atoms. The number of hydrogen-bond donors (Lipinski definition) is 1. The van der Waals surface area contributed by atoms with Crippen LogP contribution in [0.4, 0.5) is 0 Å². The Morgan fingerprint density at radius 2 is 2.40 bits per heavy atom. The van der Waals surface area contributed by atoms with Gasteiger partial charge in [-0.1, -0.05) is 23.1 Å². The van der Waals surface area contributed by atoms with Crippen LogP contribution in [0.1, 0.15) is 17.8 Å². The summed E-state index contributed by atoms with van der Waals surface area (Å²) in [5, 5.41) is 12.6. The maximum absolute atomic E-state index is 4.11. The van der Waals surface area contributed by atoms with E-state index in [-0.39, 0.29) is 12.4 Å². The van der Waals surface area contributed by atoms with Gasteiger partial charge in [-0.15, -0.1) is 22.6 Å². The van der Waals surface area contributed by atoms with Crippen molar-refractivity contribution >= 4 is 35.5 Å². The summed E-state index contributed by atoms with van der Waals surface area (Å²) in [6, 6.07) is 0. The SMILES string of the molecule is Cc1nnc(SCC2CCCNC2)s1.Cl.